The summed E-state index contributed by atoms with van der Waals surface area (Å²) in [4.78, 5) is 26.2. The zero-order valence-corrected chi connectivity index (χ0v) is 22.3. The van der Waals surface area contributed by atoms with Crippen LogP contribution in [0.25, 0.3) is 16.5 Å². The van der Waals surface area contributed by atoms with Crippen molar-refractivity contribution in [2.75, 3.05) is 19.0 Å². The van der Waals surface area contributed by atoms with Crippen LogP contribution in [0.3, 0.4) is 0 Å². The van der Waals surface area contributed by atoms with Crippen LogP contribution in [-0.4, -0.2) is 25.6 Å². The predicted molar refractivity (Wildman–Crippen MR) is 152 cm³/mol. The largest absolute Gasteiger partial charge is 0.493 e. The minimum Gasteiger partial charge on any atom is -0.493 e. The summed E-state index contributed by atoms with van der Waals surface area (Å²) >= 11 is 1.33. The van der Waals surface area contributed by atoms with Gasteiger partial charge in [0.2, 0.25) is 5.91 Å². The van der Waals surface area contributed by atoms with E-state index in [1.165, 1.54) is 17.4 Å². The summed E-state index contributed by atoms with van der Waals surface area (Å²) in [6.07, 6.45) is 3.10. The first-order valence-electron chi connectivity index (χ1n) is 12.2. The summed E-state index contributed by atoms with van der Waals surface area (Å²) in [7, 11) is 1.58. The number of carbonyl (C=O) groups excluding carboxylic acids is 2. The van der Waals surface area contributed by atoms with Crippen molar-refractivity contribution in [1.82, 2.24) is 0 Å². The number of anilines is 1. The maximum Gasteiger partial charge on any atom is 0.341 e. The van der Waals surface area contributed by atoms with Gasteiger partial charge in [-0.15, -0.1) is 11.3 Å². The number of nitrogens with one attached hydrogen (secondary N) is 1. The van der Waals surface area contributed by atoms with E-state index in [1.807, 2.05) is 73.7 Å². The molecule has 0 spiro atoms. The number of rotatable bonds is 10. The van der Waals surface area contributed by atoms with Gasteiger partial charge in [-0.2, -0.15) is 0 Å². The lowest BCUT2D eigenvalue weighted by Crippen LogP contribution is -2.11. The summed E-state index contributed by atoms with van der Waals surface area (Å²) in [6.45, 7) is 4.46. The number of methoxy groups -OCH3 is 1. The van der Waals surface area contributed by atoms with Crippen molar-refractivity contribution in [2.45, 2.75) is 20.5 Å². The zero-order valence-electron chi connectivity index (χ0n) is 21.5. The molecule has 0 atom stereocenters. The minimum absolute atomic E-state index is 0.245. The molecule has 0 aliphatic heterocycles. The molecular formula is C31H29NO5S. The van der Waals surface area contributed by atoms with E-state index in [0.29, 0.717) is 28.7 Å². The smallest absolute Gasteiger partial charge is 0.341 e. The maximum absolute atomic E-state index is 12.8. The molecular weight excluding hydrogens is 498 g/mol. The molecule has 0 saturated carbocycles. The normalized spacial score (nSPS) is 10.8. The molecule has 4 rings (SSSR count). The quantitative estimate of drug-likeness (QED) is 0.175. The number of carbonyl (C=O) groups is 2. The minimum atomic E-state index is -0.476. The fraction of sp³-hybridized carbons (Fsp3) is 0.161. The van der Waals surface area contributed by atoms with Crippen LogP contribution in [-0.2, 0) is 16.1 Å². The second-order valence-electron chi connectivity index (χ2n) is 8.39. The Morgan fingerprint density at radius 3 is 2.45 bits per heavy atom. The van der Waals surface area contributed by atoms with E-state index in [9.17, 15) is 9.59 Å². The van der Waals surface area contributed by atoms with Gasteiger partial charge in [0.05, 0.1) is 19.3 Å². The van der Waals surface area contributed by atoms with Crippen molar-refractivity contribution < 1.29 is 23.8 Å². The molecule has 1 N–H and O–H groups in total. The SMILES string of the molecule is CCOC(=O)c1cc(-c2ccccc2)sc1NC(=O)C=Cc1ccc(OCc2ccccc2C)c(OC)c1. The van der Waals surface area contributed by atoms with Crippen LogP contribution in [0.5, 0.6) is 11.5 Å². The number of hydrogen-bond acceptors (Lipinski definition) is 6. The maximum atomic E-state index is 12.8. The molecule has 0 fully saturated rings. The Kier molecular flexibility index (Phi) is 8.95. The summed E-state index contributed by atoms with van der Waals surface area (Å²) in [5.41, 5.74) is 4.30. The summed E-state index contributed by atoms with van der Waals surface area (Å²) in [6, 6.07) is 25.0. The van der Waals surface area contributed by atoms with Crippen molar-refractivity contribution in [3.63, 3.8) is 0 Å². The number of aryl methyl sites for hydroxylation is 1. The highest BCUT2D eigenvalue weighted by Gasteiger charge is 2.19. The third-order valence-electron chi connectivity index (χ3n) is 5.78. The van der Waals surface area contributed by atoms with E-state index in [-0.39, 0.29) is 12.5 Å². The van der Waals surface area contributed by atoms with Gasteiger partial charge in [-0.25, -0.2) is 4.79 Å². The molecule has 3 aromatic carbocycles. The highest BCUT2D eigenvalue weighted by molar-refractivity contribution is 7.20. The van der Waals surface area contributed by atoms with Gasteiger partial charge in [0.25, 0.3) is 0 Å². The van der Waals surface area contributed by atoms with Crippen LogP contribution in [0.2, 0.25) is 0 Å². The molecule has 4 aromatic rings. The lowest BCUT2D eigenvalue weighted by Gasteiger charge is -2.12. The number of hydrogen-bond donors (Lipinski definition) is 1. The number of thiophene rings is 1. The summed E-state index contributed by atoms with van der Waals surface area (Å²) < 4.78 is 16.7. The second-order valence-corrected chi connectivity index (χ2v) is 9.44. The van der Waals surface area contributed by atoms with E-state index in [4.69, 9.17) is 14.2 Å². The van der Waals surface area contributed by atoms with Crippen LogP contribution in [0.4, 0.5) is 5.00 Å². The van der Waals surface area contributed by atoms with Crippen LogP contribution in [0, 0.1) is 6.92 Å². The molecule has 0 bridgehead atoms. The molecule has 1 aromatic heterocycles. The highest BCUT2D eigenvalue weighted by atomic mass is 32.1. The number of benzene rings is 3. The molecule has 0 saturated heterocycles. The van der Waals surface area contributed by atoms with Crippen LogP contribution < -0.4 is 14.8 Å². The lowest BCUT2D eigenvalue weighted by atomic mass is 10.1. The van der Waals surface area contributed by atoms with E-state index in [0.717, 1.165) is 27.1 Å². The Hall–Kier alpha value is -4.36. The first-order valence-corrected chi connectivity index (χ1v) is 13.0. The third kappa shape index (κ3) is 6.69. The van der Waals surface area contributed by atoms with Crippen molar-refractivity contribution in [2.24, 2.45) is 0 Å². The van der Waals surface area contributed by atoms with Crippen LogP contribution in [0.1, 0.15) is 34.0 Å². The molecule has 0 aliphatic rings. The van der Waals surface area contributed by atoms with Crippen LogP contribution >= 0.6 is 11.3 Å². The van der Waals surface area contributed by atoms with E-state index in [1.54, 1.807) is 32.2 Å². The number of ether oxygens (including phenoxy) is 3. The lowest BCUT2D eigenvalue weighted by molar-refractivity contribution is -0.111. The molecule has 0 unspecified atom stereocenters. The van der Waals surface area contributed by atoms with Crippen molar-refractivity contribution in [1.29, 1.82) is 0 Å². The zero-order chi connectivity index (χ0) is 26.9. The average molecular weight is 528 g/mol. The van der Waals surface area contributed by atoms with E-state index in [2.05, 4.69) is 5.32 Å². The standard InChI is InChI=1S/C31H29NO5S/c1-4-36-31(34)25-19-28(23-11-6-5-7-12-23)38-30(25)32-29(33)17-15-22-14-16-26(27(18-22)35-3)37-20-24-13-9-8-10-21(24)2/h5-19H,4,20H2,1-3H3,(H,32,33). The molecule has 1 amide bonds. The van der Waals surface area contributed by atoms with Crippen molar-refractivity contribution in [3.05, 3.63) is 107 Å². The Morgan fingerprint density at radius 1 is 0.947 bits per heavy atom. The second kappa shape index (κ2) is 12.7. The van der Waals surface area contributed by atoms with Gasteiger partial charge in [-0.3, -0.25) is 4.79 Å². The fourth-order valence-corrected chi connectivity index (χ4v) is 4.80. The highest BCUT2D eigenvalue weighted by Crippen LogP contribution is 2.36. The number of amides is 1. The predicted octanol–water partition coefficient (Wildman–Crippen LogP) is 7.14. The molecule has 6 nitrogen and oxygen atoms in total. The average Bonchev–Trinajstić information content (AvgIpc) is 3.36. The van der Waals surface area contributed by atoms with Crippen molar-refractivity contribution >= 4 is 34.3 Å². The van der Waals surface area contributed by atoms with Gasteiger partial charge in [-0.1, -0.05) is 60.7 Å². The summed E-state index contributed by atoms with van der Waals surface area (Å²) in [5, 5.41) is 3.27. The molecule has 0 aliphatic carbocycles. The van der Waals surface area contributed by atoms with Gasteiger partial charge in [-0.05, 0) is 60.4 Å². The summed E-state index contributed by atoms with van der Waals surface area (Å²) in [5.74, 6) is 0.340. The van der Waals surface area contributed by atoms with Crippen molar-refractivity contribution in [3.8, 4) is 21.9 Å². The van der Waals surface area contributed by atoms with Gasteiger partial charge in [0, 0.05) is 11.0 Å². The Labute approximate surface area is 226 Å². The molecule has 7 heteroatoms. The van der Waals surface area contributed by atoms with Gasteiger partial charge in [0.15, 0.2) is 11.5 Å². The Morgan fingerprint density at radius 2 is 1.71 bits per heavy atom. The Balaban J connectivity index is 1.47. The van der Waals surface area contributed by atoms with E-state index >= 15 is 0 Å². The van der Waals surface area contributed by atoms with E-state index < -0.39 is 5.97 Å². The topological polar surface area (TPSA) is 73.9 Å². The molecule has 194 valence electrons. The van der Waals surface area contributed by atoms with Crippen LogP contribution in [0.15, 0.2) is 84.9 Å². The molecule has 38 heavy (non-hydrogen) atoms. The Bertz CT molecular complexity index is 1440. The van der Waals surface area contributed by atoms with Gasteiger partial charge in [0.1, 0.15) is 11.6 Å². The molecule has 1 heterocycles. The molecule has 0 radical (unpaired) electrons. The monoisotopic (exact) mass is 527 g/mol. The van der Waals surface area contributed by atoms with Gasteiger partial charge < -0.3 is 19.5 Å². The third-order valence-corrected chi connectivity index (χ3v) is 6.88. The number of esters is 1. The fourth-order valence-electron chi connectivity index (χ4n) is 3.75. The first kappa shape index (κ1) is 26.7. The first-order chi connectivity index (χ1) is 18.5. The van der Waals surface area contributed by atoms with Gasteiger partial charge >= 0.3 is 5.97 Å².